The maximum Gasteiger partial charge on any atom is 0.306 e. The van der Waals surface area contributed by atoms with Crippen molar-refractivity contribution in [1.82, 2.24) is 0 Å². The molecule has 0 aromatic heterocycles. The summed E-state index contributed by atoms with van der Waals surface area (Å²) in [6.07, 6.45) is 124. The number of allylic oxidation sites excluding steroid dienone is 40. The normalized spacial score (nSPS) is 13.8. The molecule has 88 heavy (non-hydrogen) atoms. The van der Waals surface area contributed by atoms with Crippen LogP contribution >= 0.6 is 0 Å². The van der Waals surface area contributed by atoms with Gasteiger partial charge in [0, 0.05) is 12.8 Å². The summed E-state index contributed by atoms with van der Waals surface area (Å²) in [4.78, 5) is 24.6. The van der Waals surface area contributed by atoms with Gasteiger partial charge in [-0.05, 0) is 167 Å². The highest BCUT2D eigenvalue weighted by Gasteiger charge is 2.16. The first-order valence-electron chi connectivity index (χ1n) is 34.6. The van der Waals surface area contributed by atoms with E-state index in [2.05, 4.69) is 257 Å². The smallest absolute Gasteiger partial charge is 0.306 e. The largest absolute Gasteiger partial charge is 0.462 e. The average Bonchev–Trinajstić information content (AvgIpc) is 3.54. The van der Waals surface area contributed by atoms with Crippen molar-refractivity contribution in [3.63, 3.8) is 0 Å². The molecule has 0 aromatic rings. The number of carbonyl (C=O) groups is 2. The van der Waals surface area contributed by atoms with Crippen molar-refractivity contribution in [3.05, 3.63) is 243 Å². The van der Waals surface area contributed by atoms with E-state index < -0.39 is 6.10 Å². The Morgan fingerprint density at radius 1 is 0.261 bits per heavy atom. The number of esters is 2. The van der Waals surface area contributed by atoms with Gasteiger partial charge in [-0.3, -0.25) is 9.59 Å². The first-order valence-corrected chi connectivity index (χ1v) is 34.6. The number of carbonyl (C=O) groups excluding carboxylic acids is 2. The van der Waals surface area contributed by atoms with E-state index in [0.29, 0.717) is 12.8 Å². The van der Waals surface area contributed by atoms with Crippen LogP contribution in [-0.4, -0.2) is 36.4 Å². The number of aliphatic hydroxyl groups excluding tert-OH is 1. The van der Waals surface area contributed by atoms with Crippen LogP contribution in [0.2, 0.25) is 0 Å². The summed E-state index contributed by atoms with van der Waals surface area (Å²) >= 11 is 0. The van der Waals surface area contributed by atoms with Gasteiger partial charge in [-0.15, -0.1) is 0 Å². The van der Waals surface area contributed by atoms with Crippen LogP contribution in [0.5, 0.6) is 0 Å². The molecule has 0 amide bonds. The van der Waals surface area contributed by atoms with Crippen molar-refractivity contribution in [2.45, 2.75) is 251 Å². The van der Waals surface area contributed by atoms with Gasteiger partial charge >= 0.3 is 11.9 Å². The van der Waals surface area contributed by atoms with Gasteiger partial charge in [-0.25, -0.2) is 0 Å². The lowest BCUT2D eigenvalue weighted by molar-refractivity contribution is -0.161. The fourth-order valence-electron chi connectivity index (χ4n) is 8.55. The standard InChI is InChI=1S/C83H124O5/c1-3-5-7-9-11-13-15-17-19-21-23-25-27-29-31-33-35-37-39-40-41-42-44-46-48-50-52-54-56-58-60-62-64-66-68-70-72-74-76-78-83(86)88-81(79-84)80-87-82(85)77-75-73-71-69-67-65-63-61-59-57-55-53-51-49-47-45-43-38-36-34-32-30-28-26-24-22-20-18-16-14-12-10-8-6-4-2/h5-8,11-14,17-20,23-26,29-32,35-38,40-41,44-47,50-53,56-59,63,65,81,84H,3-4,9-10,15-16,21-22,27-28,33-34,39,42-43,48-49,54-55,60-62,64,66-80H2,1-2H3/b7-5-,8-6-,13-11-,14-12-,19-17-,20-18-,25-23-,26-24-,31-29-,32-30-,37-35-,38-36-,41-40-,46-44-,47-45-,52-50-,53-51-,58-56-,59-57-,65-63-. The third kappa shape index (κ3) is 72.2. The van der Waals surface area contributed by atoms with Crippen molar-refractivity contribution in [2.24, 2.45) is 0 Å². The number of rotatable bonds is 60. The maximum absolute atomic E-state index is 12.4. The molecule has 0 aromatic carbocycles. The molecule has 0 fully saturated rings. The molecule has 0 saturated heterocycles. The molecule has 1 atom stereocenters. The van der Waals surface area contributed by atoms with Gasteiger partial charge in [-0.2, -0.15) is 0 Å². The number of unbranched alkanes of at least 4 members (excludes halogenated alkanes) is 12. The lowest BCUT2D eigenvalue weighted by Gasteiger charge is -2.15. The molecule has 486 valence electrons. The van der Waals surface area contributed by atoms with E-state index in [-0.39, 0.29) is 25.2 Å². The minimum absolute atomic E-state index is 0.0995. The second kappa shape index (κ2) is 75.0. The van der Waals surface area contributed by atoms with Crippen LogP contribution in [0.4, 0.5) is 0 Å². The predicted octanol–water partition coefficient (Wildman–Crippen LogP) is 24.6. The molecule has 5 heteroatoms. The van der Waals surface area contributed by atoms with Gasteiger partial charge in [0.25, 0.3) is 0 Å². The highest BCUT2D eigenvalue weighted by atomic mass is 16.6. The first-order chi connectivity index (χ1) is 43.6. The van der Waals surface area contributed by atoms with Crippen molar-refractivity contribution in [3.8, 4) is 0 Å². The minimum Gasteiger partial charge on any atom is -0.462 e. The third-order valence-corrected chi connectivity index (χ3v) is 13.6. The molecule has 0 rings (SSSR count). The van der Waals surface area contributed by atoms with Gasteiger partial charge < -0.3 is 14.6 Å². The zero-order valence-corrected chi connectivity index (χ0v) is 55.6. The highest BCUT2D eigenvalue weighted by Crippen LogP contribution is 2.13. The second-order valence-corrected chi connectivity index (χ2v) is 21.8. The number of hydrogen-bond acceptors (Lipinski definition) is 5. The third-order valence-electron chi connectivity index (χ3n) is 13.6. The minimum atomic E-state index is -0.809. The topological polar surface area (TPSA) is 72.8 Å². The van der Waals surface area contributed by atoms with Gasteiger partial charge in [0.1, 0.15) is 6.61 Å². The van der Waals surface area contributed by atoms with E-state index in [9.17, 15) is 14.7 Å². The second-order valence-electron chi connectivity index (χ2n) is 21.8. The van der Waals surface area contributed by atoms with Gasteiger partial charge in [-0.1, -0.05) is 308 Å². The first kappa shape index (κ1) is 81.7. The molecular weight excluding hydrogens is 1080 g/mol. The van der Waals surface area contributed by atoms with Crippen LogP contribution in [0.1, 0.15) is 245 Å². The van der Waals surface area contributed by atoms with E-state index in [0.717, 1.165) is 186 Å². The predicted molar refractivity (Wildman–Crippen MR) is 388 cm³/mol. The SMILES string of the molecule is CC/C=C\C/C=C\C/C=C\C/C=C\C/C=C\C/C=C\C/C=C\C/C=C\C/C=C\C/C=C\CCCCCCCCCCC(=O)OC(CO)COC(=O)CCCCCC/C=C\C/C=C\C/C=C\C/C=C\C/C=C\C/C=C\C/C=C\C/C=C\C/C=C\C/C=C\CC. The summed E-state index contributed by atoms with van der Waals surface area (Å²) in [6.45, 7) is 3.87. The molecule has 0 aliphatic carbocycles. The Hall–Kier alpha value is -6.30. The lowest BCUT2D eigenvalue weighted by atomic mass is 10.1. The van der Waals surface area contributed by atoms with Crippen LogP contribution in [0.15, 0.2) is 243 Å². The summed E-state index contributed by atoms with van der Waals surface area (Å²) in [7, 11) is 0. The maximum atomic E-state index is 12.4. The van der Waals surface area contributed by atoms with Crippen molar-refractivity contribution in [2.75, 3.05) is 13.2 Å². The molecule has 0 aliphatic heterocycles. The molecule has 0 spiro atoms. The monoisotopic (exact) mass is 1200 g/mol. The van der Waals surface area contributed by atoms with E-state index in [4.69, 9.17) is 9.47 Å². The van der Waals surface area contributed by atoms with E-state index in [1.54, 1.807) is 0 Å². The highest BCUT2D eigenvalue weighted by molar-refractivity contribution is 5.70. The van der Waals surface area contributed by atoms with Crippen LogP contribution in [-0.2, 0) is 19.1 Å². The molecule has 0 saturated carbocycles. The molecule has 1 unspecified atom stereocenters. The molecule has 0 aliphatic rings. The Labute approximate surface area is 540 Å². The van der Waals surface area contributed by atoms with Crippen LogP contribution < -0.4 is 0 Å². The van der Waals surface area contributed by atoms with Gasteiger partial charge in [0.05, 0.1) is 6.61 Å². The Balaban J connectivity index is 3.68. The Kier molecular flexibility index (Phi) is 69.6. The summed E-state index contributed by atoms with van der Waals surface area (Å²) < 4.78 is 10.7. The molecular formula is C83H124O5. The Bertz CT molecular complexity index is 2200. The summed E-state index contributed by atoms with van der Waals surface area (Å²) in [6, 6.07) is 0. The fourth-order valence-corrected chi connectivity index (χ4v) is 8.55. The summed E-state index contributed by atoms with van der Waals surface area (Å²) in [5.74, 6) is -0.648. The van der Waals surface area contributed by atoms with Gasteiger partial charge in [0.2, 0.25) is 0 Å². The van der Waals surface area contributed by atoms with E-state index >= 15 is 0 Å². The number of hydrogen-bond donors (Lipinski definition) is 1. The molecule has 0 radical (unpaired) electrons. The quantitative estimate of drug-likeness (QED) is 0.0373. The van der Waals surface area contributed by atoms with Gasteiger partial charge in [0.15, 0.2) is 6.10 Å². The lowest BCUT2D eigenvalue weighted by Crippen LogP contribution is -2.28. The van der Waals surface area contributed by atoms with Crippen LogP contribution in [0, 0.1) is 0 Å². The molecule has 0 bridgehead atoms. The Morgan fingerprint density at radius 3 is 0.682 bits per heavy atom. The van der Waals surface area contributed by atoms with Crippen molar-refractivity contribution < 1.29 is 24.2 Å². The molecule has 0 heterocycles. The Morgan fingerprint density at radius 2 is 0.455 bits per heavy atom. The molecule has 5 nitrogen and oxygen atoms in total. The average molecular weight is 1200 g/mol. The van der Waals surface area contributed by atoms with E-state index in [1.165, 1.54) is 32.1 Å². The van der Waals surface area contributed by atoms with E-state index in [1.807, 2.05) is 0 Å². The van der Waals surface area contributed by atoms with Crippen molar-refractivity contribution >= 4 is 11.9 Å². The number of ether oxygens (including phenoxy) is 2. The zero-order valence-electron chi connectivity index (χ0n) is 55.6. The fraction of sp³-hybridized carbons (Fsp3) is 0.494. The van der Waals surface area contributed by atoms with Crippen LogP contribution in [0.3, 0.4) is 0 Å². The van der Waals surface area contributed by atoms with Crippen molar-refractivity contribution in [1.29, 1.82) is 0 Å². The number of aliphatic hydroxyl groups is 1. The zero-order chi connectivity index (χ0) is 63.3. The summed E-state index contributed by atoms with van der Waals surface area (Å²) in [5.41, 5.74) is 0. The molecule has 1 N–H and O–H groups in total. The van der Waals surface area contributed by atoms with Crippen LogP contribution in [0.25, 0.3) is 0 Å². The summed E-state index contributed by atoms with van der Waals surface area (Å²) in [5, 5.41) is 9.70.